The van der Waals surface area contributed by atoms with E-state index in [0.29, 0.717) is 0 Å². The van der Waals surface area contributed by atoms with Crippen molar-refractivity contribution in [2.24, 2.45) is 0 Å². The van der Waals surface area contributed by atoms with Crippen LogP contribution < -0.4 is 5.32 Å². The molecule has 0 aromatic heterocycles. The first-order valence-corrected chi connectivity index (χ1v) is 5.54. The zero-order valence-electron chi connectivity index (χ0n) is 9.25. The number of amides is 1. The summed E-state index contributed by atoms with van der Waals surface area (Å²) in [6.07, 6.45) is 0. The average molecular weight is 304 g/mol. The van der Waals surface area contributed by atoms with Gasteiger partial charge in [-0.2, -0.15) is 0 Å². The fraction of sp³-hybridized carbons (Fsp3) is 0.273. The second-order valence-corrected chi connectivity index (χ2v) is 4.86. The van der Waals surface area contributed by atoms with Gasteiger partial charge in [0.2, 0.25) is 0 Å². The second kappa shape index (κ2) is 4.83. The Morgan fingerprint density at radius 1 is 1.41 bits per heavy atom. The quantitative estimate of drug-likeness (QED) is 0.899. The molecule has 2 N–H and O–H groups in total. The first-order chi connectivity index (χ1) is 7.74. The van der Waals surface area contributed by atoms with Crippen molar-refractivity contribution in [2.75, 3.05) is 0 Å². The van der Waals surface area contributed by atoms with Gasteiger partial charge in [-0.15, -0.1) is 0 Å². The Morgan fingerprint density at radius 2 is 2.00 bits per heavy atom. The maximum absolute atomic E-state index is 12.8. The van der Waals surface area contributed by atoms with Gasteiger partial charge in [0.1, 0.15) is 11.4 Å². The maximum atomic E-state index is 12.8. The van der Waals surface area contributed by atoms with Crippen LogP contribution in [-0.4, -0.2) is 22.5 Å². The lowest BCUT2D eigenvalue weighted by Gasteiger charge is -2.21. The van der Waals surface area contributed by atoms with Gasteiger partial charge in [-0.25, -0.2) is 9.18 Å². The Bertz CT molecular complexity index is 474. The molecule has 0 radical (unpaired) electrons. The fourth-order valence-corrected chi connectivity index (χ4v) is 1.61. The SMILES string of the molecule is CC(C)(NC(=O)c1ccc(F)cc1Br)C(=O)O. The molecule has 0 saturated heterocycles. The summed E-state index contributed by atoms with van der Waals surface area (Å²) in [5.74, 6) is -2.21. The summed E-state index contributed by atoms with van der Waals surface area (Å²) in [6, 6.07) is 3.56. The first kappa shape index (κ1) is 13.6. The van der Waals surface area contributed by atoms with Crippen molar-refractivity contribution >= 4 is 27.8 Å². The van der Waals surface area contributed by atoms with Crippen molar-refractivity contribution in [1.29, 1.82) is 0 Å². The molecular weight excluding hydrogens is 293 g/mol. The predicted octanol–water partition coefficient (Wildman–Crippen LogP) is 2.18. The van der Waals surface area contributed by atoms with Crippen molar-refractivity contribution in [2.45, 2.75) is 19.4 Å². The lowest BCUT2D eigenvalue weighted by Crippen LogP contribution is -2.49. The molecule has 0 saturated carbocycles. The van der Waals surface area contributed by atoms with Gasteiger partial charge in [0.25, 0.3) is 5.91 Å². The van der Waals surface area contributed by atoms with Crippen LogP contribution in [0, 0.1) is 5.82 Å². The molecule has 0 unspecified atom stereocenters. The smallest absolute Gasteiger partial charge is 0.328 e. The van der Waals surface area contributed by atoms with Crippen LogP contribution in [0.4, 0.5) is 4.39 Å². The van der Waals surface area contributed by atoms with Crippen molar-refractivity contribution < 1.29 is 19.1 Å². The van der Waals surface area contributed by atoms with Crippen LogP contribution in [0.15, 0.2) is 22.7 Å². The molecule has 17 heavy (non-hydrogen) atoms. The van der Waals surface area contributed by atoms with Gasteiger partial charge in [0.05, 0.1) is 5.56 Å². The third-order valence-corrected chi connectivity index (χ3v) is 2.79. The molecule has 0 atom stereocenters. The zero-order chi connectivity index (χ0) is 13.2. The minimum atomic E-state index is -1.38. The van der Waals surface area contributed by atoms with E-state index < -0.39 is 23.2 Å². The van der Waals surface area contributed by atoms with Gasteiger partial charge in [0, 0.05) is 4.47 Å². The molecule has 1 aromatic carbocycles. The number of carboxylic acids is 1. The molecule has 1 aromatic rings. The number of nitrogens with one attached hydrogen (secondary N) is 1. The number of carboxylic acid groups (broad SMARTS) is 1. The normalized spacial score (nSPS) is 11.1. The Balaban J connectivity index is 2.95. The maximum Gasteiger partial charge on any atom is 0.328 e. The number of hydrogen-bond donors (Lipinski definition) is 2. The third kappa shape index (κ3) is 3.26. The number of rotatable bonds is 3. The van der Waals surface area contributed by atoms with Gasteiger partial charge in [-0.05, 0) is 48.0 Å². The summed E-state index contributed by atoms with van der Waals surface area (Å²) in [4.78, 5) is 22.6. The molecular formula is C11H11BrFNO3. The van der Waals surface area contributed by atoms with E-state index in [1.165, 1.54) is 19.9 Å². The molecule has 0 aliphatic rings. The predicted molar refractivity (Wildman–Crippen MR) is 63.3 cm³/mol. The summed E-state index contributed by atoms with van der Waals surface area (Å²) in [5.41, 5.74) is -1.20. The lowest BCUT2D eigenvalue weighted by molar-refractivity contribution is -0.143. The monoisotopic (exact) mass is 303 g/mol. The highest BCUT2D eigenvalue weighted by atomic mass is 79.9. The number of carbonyl (C=O) groups is 2. The number of benzene rings is 1. The van der Waals surface area contributed by atoms with Crippen LogP contribution in [0.1, 0.15) is 24.2 Å². The highest BCUT2D eigenvalue weighted by Crippen LogP contribution is 2.18. The molecule has 1 rings (SSSR count). The highest BCUT2D eigenvalue weighted by molar-refractivity contribution is 9.10. The minimum Gasteiger partial charge on any atom is -0.480 e. The van der Waals surface area contributed by atoms with E-state index >= 15 is 0 Å². The van der Waals surface area contributed by atoms with E-state index in [1.54, 1.807) is 0 Å². The molecule has 4 nitrogen and oxygen atoms in total. The summed E-state index contributed by atoms with van der Waals surface area (Å²) in [5, 5.41) is 11.2. The molecule has 0 aliphatic carbocycles. The first-order valence-electron chi connectivity index (χ1n) is 4.75. The molecule has 0 aliphatic heterocycles. The Kier molecular flexibility index (Phi) is 3.87. The lowest BCUT2D eigenvalue weighted by atomic mass is 10.1. The van der Waals surface area contributed by atoms with Crippen LogP contribution in [-0.2, 0) is 4.79 Å². The van der Waals surface area contributed by atoms with Crippen LogP contribution in [0.5, 0.6) is 0 Å². The van der Waals surface area contributed by atoms with Crippen molar-refractivity contribution in [3.8, 4) is 0 Å². The van der Waals surface area contributed by atoms with Crippen LogP contribution in [0.25, 0.3) is 0 Å². The standard InChI is InChI=1S/C11H11BrFNO3/c1-11(2,10(16)17)14-9(15)7-4-3-6(13)5-8(7)12/h3-5H,1-2H3,(H,14,15)(H,16,17). The highest BCUT2D eigenvalue weighted by Gasteiger charge is 2.29. The van der Waals surface area contributed by atoms with Crippen molar-refractivity contribution in [3.05, 3.63) is 34.1 Å². The molecule has 0 heterocycles. The summed E-state index contributed by atoms with van der Waals surface area (Å²) in [6.45, 7) is 2.73. The third-order valence-electron chi connectivity index (χ3n) is 2.14. The van der Waals surface area contributed by atoms with Crippen molar-refractivity contribution in [3.63, 3.8) is 0 Å². The van der Waals surface area contributed by atoms with Crippen LogP contribution in [0.2, 0.25) is 0 Å². The van der Waals surface area contributed by atoms with Crippen molar-refractivity contribution in [1.82, 2.24) is 5.32 Å². The number of carbonyl (C=O) groups excluding carboxylic acids is 1. The second-order valence-electron chi connectivity index (χ2n) is 4.01. The van der Waals surface area contributed by atoms with Gasteiger partial charge in [-0.3, -0.25) is 4.79 Å². The van der Waals surface area contributed by atoms with E-state index in [1.807, 2.05) is 0 Å². The Hall–Kier alpha value is -1.43. The molecule has 0 fully saturated rings. The molecule has 92 valence electrons. The van der Waals surface area contributed by atoms with Gasteiger partial charge < -0.3 is 10.4 Å². The molecule has 0 bridgehead atoms. The van der Waals surface area contributed by atoms with E-state index in [9.17, 15) is 14.0 Å². The Labute approximate surface area is 106 Å². The molecule has 1 amide bonds. The van der Waals surface area contributed by atoms with Gasteiger partial charge in [0.15, 0.2) is 0 Å². The van der Waals surface area contributed by atoms with E-state index in [2.05, 4.69) is 21.2 Å². The average Bonchev–Trinajstić information content (AvgIpc) is 2.15. The van der Waals surface area contributed by atoms with Crippen LogP contribution in [0.3, 0.4) is 0 Å². The van der Waals surface area contributed by atoms with Gasteiger partial charge in [-0.1, -0.05) is 0 Å². The summed E-state index contributed by atoms with van der Waals surface area (Å²) < 4.78 is 13.1. The van der Waals surface area contributed by atoms with E-state index in [4.69, 9.17) is 5.11 Å². The molecule has 6 heteroatoms. The van der Waals surface area contributed by atoms with Crippen LogP contribution >= 0.6 is 15.9 Å². The van der Waals surface area contributed by atoms with Gasteiger partial charge >= 0.3 is 5.97 Å². The Morgan fingerprint density at radius 3 is 2.47 bits per heavy atom. The van der Waals surface area contributed by atoms with E-state index in [-0.39, 0.29) is 10.0 Å². The largest absolute Gasteiger partial charge is 0.480 e. The topological polar surface area (TPSA) is 66.4 Å². The number of aliphatic carboxylic acids is 1. The zero-order valence-corrected chi connectivity index (χ0v) is 10.8. The van der Waals surface area contributed by atoms with E-state index in [0.717, 1.165) is 12.1 Å². The number of halogens is 2. The number of hydrogen-bond acceptors (Lipinski definition) is 2. The fourth-order valence-electron chi connectivity index (χ4n) is 1.08. The summed E-state index contributed by atoms with van der Waals surface area (Å²) in [7, 11) is 0. The minimum absolute atomic E-state index is 0.181. The summed E-state index contributed by atoms with van der Waals surface area (Å²) >= 11 is 3.04. The molecule has 0 spiro atoms.